The number of nitrogens with zero attached hydrogens (tertiary/aromatic N) is 1. The van der Waals surface area contributed by atoms with Gasteiger partial charge in [0, 0.05) is 17.6 Å². The number of nitrogens with one attached hydrogen (secondary N) is 2. The third-order valence-corrected chi connectivity index (χ3v) is 5.41. The molecule has 1 aliphatic rings. The molecule has 0 amide bonds. The maximum Gasteiger partial charge on any atom is 0.240 e. The highest BCUT2D eigenvalue weighted by Gasteiger charge is 2.35. The number of anilines is 1. The third kappa shape index (κ3) is 2.82. The maximum absolute atomic E-state index is 11.9. The molecule has 0 aromatic heterocycles. The molecule has 20 heavy (non-hydrogen) atoms. The Morgan fingerprint density at radius 3 is 2.70 bits per heavy atom. The average Bonchev–Trinajstić information content (AvgIpc) is 2.74. The number of benzene rings is 1. The van der Waals surface area contributed by atoms with Crippen molar-refractivity contribution in [2.24, 2.45) is 0 Å². The first-order valence-electron chi connectivity index (χ1n) is 6.75. The van der Waals surface area contributed by atoms with Crippen molar-refractivity contribution in [1.29, 1.82) is 0 Å². The van der Waals surface area contributed by atoms with E-state index in [1.165, 1.54) is 7.05 Å². The average molecular weight is 297 g/mol. The maximum atomic E-state index is 11.9. The van der Waals surface area contributed by atoms with Crippen LogP contribution in [0.25, 0.3) is 0 Å². The van der Waals surface area contributed by atoms with Crippen LogP contribution >= 0.6 is 0 Å². The molecule has 0 aliphatic carbocycles. The molecule has 1 aromatic carbocycles. The minimum absolute atomic E-state index is 0.0289. The molecule has 1 aromatic rings. The Bertz CT molecular complexity index is 598. The molecule has 0 spiro atoms. The van der Waals surface area contributed by atoms with E-state index in [2.05, 4.69) is 36.0 Å². The molecule has 0 saturated carbocycles. The molecule has 1 heterocycles. The normalized spacial score (nSPS) is 21.9. The Hall–Kier alpha value is -1.11. The van der Waals surface area contributed by atoms with Crippen LogP contribution in [0, 0.1) is 0 Å². The van der Waals surface area contributed by atoms with Gasteiger partial charge in [-0.25, -0.2) is 13.1 Å². The first kappa shape index (κ1) is 15.3. The fourth-order valence-electron chi connectivity index (χ4n) is 2.54. The van der Waals surface area contributed by atoms with E-state index in [0.29, 0.717) is 4.90 Å². The zero-order chi connectivity index (χ0) is 15.0. The number of hydrogen-bond donors (Lipinski definition) is 2. The quantitative estimate of drug-likeness (QED) is 0.858. The number of fused-ring (bicyclic) bond motifs is 1. The summed E-state index contributed by atoms with van der Waals surface area (Å²) in [5.41, 5.74) is 2.11. The highest BCUT2D eigenvalue weighted by atomic mass is 32.2. The molecule has 6 heteroatoms. The lowest BCUT2D eigenvalue weighted by Crippen LogP contribution is -2.29. The summed E-state index contributed by atoms with van der Waals surface area (Å²) in [6.07, 6.45) is 0.989. The Morgan fingerprint density at radius 1 is 1.40 bits per heavy atom. The summed E-state index contributed by atoms with van der Waals surface area (Å²) in [6, 6.07) is 5.31. The van der Waals surface area contributed by atoms with E-state index in [-0.39, 0.29) is 5.41 Å². The number of rotatable bonds is 5. The molecule has 1 aliphatic heterocycles. The lowest BCUT2D eigenvalue weighted by atomic mass is 9.81. The van der Waals surface area contributed by atoms with Gasteiger partial charge in [0.2, 0.25) is 10.0 Å². The van der Waals surface area contributed by atoms with Gasteiger partial charge in [0.1, 0.15) is 0 Å². The molecule has 0 bridgehead atoms. The number of hydrogen-bond acceptors (Lipinski definition) is 4. The molecule has 2 N–H and O–H groups in total. The van der Waals surface area contributed by atoms with Gasteiger partial charge in [-0.05, 0) is 57.9 Å². The second kappa shape index (κ2) is 5.35. The summed E-state index contributed by atoms with van der Waals surface area (Å²) < 4.78 is 26.2. The summed E-state index contributed by atoms with van der Waals surface area (Å²) in [4.78, 5) is 2.48. The van der Waals surface area contributed by atoms with Gasteiger partial charge in [-0.1, -0.05) is 6.92 Å². The summed E-state index contributed by atoms with van der Waals surface area (Å²) in [7, 11) is 2.15. The lowest BCUT2D eigenvalue weighted by Gasteiger charge is -2.26. The Kier molecular flexibility index (Phi) is 4.09. The van der Waals surface area contributed by atoms with Gasteiger partial charge in [0.25, 0.3) is 0 Å². The van der Waals surface area contributed by atoms with Crippen LogP contribution in [0.2, 0.25) is 0 Å². The van der Waals surface area contributed by atoms with Crippen LogP contribution in [0.1, 0.15) is 18.9 Å². The van der Waals surface area contributed by atoms with Crippen LogP contribution in [0.3, 0.4) is 0 Å². The number of sulfonamides is 1. The molecular weight excluding hydrogens is 274 g/mol. The van der Waals surface area contributed by atoms with Crippen molar-refractivity contribution in [2.75, 3.05) is 39.5 Å². The molecule has 0 saturated heterocycles. The Labute approximate surface area is 121 Å². The monoisotopic (exact) mass is 297 g/mol. The van der Waals surface area contributed by atoms with Gasteiger partial charge in [0.05, 0.1) is 4.90 Å². The van der Waals surface area contributed by atoms with E-state index >= 15 is 0 Å². The minimum Gasteiger partial charge on any atom is -0.384 e. The molecule has 112 valence electrons. The van der Waals surface area contributed by atoms with Crippen LogP contribution in [0.15, 0.2) is 23.1 Å². The first-order valence-corrected chi connectivity index (χ1v) is 8.23. The lowest BCUT2D eigenvalue weighted by molar-refractivity contribution is 0.342. The van der Waals surface area contributed by atoms with Crippen molar-refractivity contribution in [3.63, 3.8) is 0 Å². The van der Waals surface area contributed by atoms with Gasteiger partial charge >= 0.3 is 0 Å². The summed E-state index contributed by atoms with van der Waals surface area (Å²) in [6.45, 7) is 4.00. The molecule has 1 unspecified atom stereocenters. The smallest absolute Gasteiger partial charge is 0.240 e. The topological polar surface area (TPSA) is 61.4 Å². The van der Waals surface area contributed by atoms with Gasteiger partial charge < -0.3 is 10.2 Å². The summed E-state index contributed by atoms with van der Waals surface area (Å²) >= 11 is 0. The van der Waals surface area contributed by atoms with Crippen molar-refractivity contribution in [1.82, 2.24) is 9.62 Å². The van der Waals surface area contributed by atoms with E-state index in [9.17, 15) is 8.42 Å². The molecule has 0 fully saturated rings. The second-order valence-corrected chi connectivity index (χ2v) is 7.77. The second-order valence-electron chi connectivity index (χ2n) is 5.88. The predicted octanol–water partition coefficient (Wildman–Crippen LogP) is 1.23. The largest absolute Gasteiger partial charge is 0.384 e. The van der Waals surface area contributed by atoms with Crippen molar-refractivity contribution >= 4 is 15.7 Å². The van der Waals surface area contributed by atoms with Crippen LogP contribution in [0.4, 0.5) is 5.69 Å². The van der Waals surface area contributed by atoms with Gasteiger partial charge in [-0.2, -0.15) is 0 Å². The zero-order valence-electron chi connectivity index (χ0n) is 12.5. The summed E-state index contributed by atoms with van der Waals surface area (Å²) in [5.74, 6) is 0. The molecule has 2 rings (SSSR count). The van der Waals surface area contributed by atoms with E-state index in [0.717, 1.165) is 30.8 Å². The van der Waals surface area contributed by atoms with Gasteiger partial charge in [0.15, 0.2) is 0 Å². The molecular formula is C14H23N3O2S. The SMILES string of the molecule is CNS(=O)(=O)c1ccc2c(c1)C(C)(CCN(C)C)CN2. The highest BCUT2D eigenvalue weighted by molar-refractivity contribution is 7.89. The van der Waals surface area contributed by atoms with Gasteiger partial charge in [-0.15, -0.1) is 0 Å². The Balaban J connectivity index is 2.37. The van der Waals surface area contributed by atoms with Crippen molar-refractivity contribution in [3.8, 4) is 0 Å². The molecule has 0 radical (unpaired) electrons. The van der Waals surface area contributed by atoms with Gasteiger partial charge in [-0.3, -0.25) is 0 Å². The van der Waals surface area contributed by atoms with Crippen LogP contribution in [-0.2, 0) is 15.4 Å². The van der Waals surface area contributed by atoms with E-state index < -0.39 is 10.0 Å². The molecule has 5 nitrogen and oxygen atoms in total. The standard InChI is InChI=1S/C14H23N3O2S/c1-14(7-8-17(3)4)10-16-13-6-5-11(9-12(13)14)20(18,19)15-2/h5-6,9,15-16H,7-8,10H2,1-4H3. The van der Waals surface area contributed by atoms with Crippen molar-refractivity contribution in [3.05, 3.63) is 23.8 Å². The van der Waals surface area contributed by atoms with Crippen molar-refractivity contribution in [2.45, 2.75) is 23.7 Å². The van der Waals surface area contributed by atoms with Crippen LogP contribution in [-0.4, -0.2) is 47.6 Å². The predicted molar refractivity (Wildman–Crippen MR) is 81.7 cm³/mol. The fourth-order valence-corrected chi connectivity index (χ4v) is 3.30. The van der Waals surface area contributed by atoms with Crippen molar-refractivity contribution < 1.29 is 8.42 Å². The highest BCUT2D eigenvalue weighted by Crippen LogP contribution is 2.40. The molecule has 1 atom stereocenters. The Morgan fingerprint density at radius 2 is 2.10 bits per heavy atom. The zero-order valence-corrected chi connectivity index (χ0v) is 13.3. The van der Waals surface area contributed by atoms with Crippen LogP contribution in [0.5, 0.6) is 0 Å². The van der Waals surface area contributed by atoms with E-state index in [1.807, 2.05) is 6.07 Å². The van der Waals surface area contributed by atoms with Crippen LogP contribution < -0.4 is 10.0 Å². The fraction of sp³-hybridized carbons (Fsp3) is 0.571. The first-order chi connectivity index (χ1) is 9.28. The van der Waals surface area contributed by atoms with E-state index in [4.69, 9.17) is 0 Å². The third-order valence-electron chi connectivity index (χ3n) is 4.00. The summed E-state index contributed by atoms with van der Waals surface area (Å²) in [5, 5.41) is 3.38. The minimum atomic E-state index is -3.39. The van der Waals surface area contributed by atoms with E-state index in [1.54, 1.807) is 12.1 Å².